The predicted molar refractivity (Wildman–Crippen MR) is 99.9 cm³/mol. The van der Waals surface area contributed by atoms with Gasteiger partial charge in [-0.3, -0.25) is 10.1 Å². The van der Waals surface area contributed by atoms with E-state index in [4.69, 9.17) is 4.52 Å². The third-order valence-corrected chi connectivity index (χ3v) is 4.62. The van der Waals surface area contributed by atoms with Crippen molar-refractivity contribution >= 4 is 29.1 Å². The maximum Gasteiger partial charge on any atom is 0.343 e. The maximum absolute atomic E-state index is 12.5. The summed E-state index contributed by atoms with van der Waals surface area (Å²) < 4.78 is 5.09. The van der Waals surface area contributed by atoms with E-state index in [0.29, 0.717) is 11.1 Å². The van der Waals surface area contributed by atoms with Gasteiger partial charge in [0.05, 0.1) is 0 Å². The molecule has 0 radical (unpaired) electrons. The molecule has 1 amide bonds. The van der Waals surface area contributed by atoms with E-state index in [2.05, 4.69) is 31.2 Å². The van der Waals surface area contributed by atoms with E-state index in [1.54, 1.807) is 23.6 Å². The number of nitrogens with zero attached hydrogens (tertiary/aromatic N) is 1. The molecule has 0 bridgehead atoms. The van der Waals surface area contributed by atoms with E-state index in [9.17, 15) is 14.7 Å². The van der Waals surface area contributed by atoms with Crippen LogP contribution in [0.5, 0.6) is 0 Å². The van der Waals surface area contributed by atoms with Crippen LogP contribution in [0.4, 0.5) is 5.88 Å². The second-order valence-corrected chi connectivity index (χ2v) is 7.61. The van der Waals surface area contributed by atoms with Gasteiger partial charge in [-0.05, 0) is 34.6 Å². The first-order chi connectivity index (χ1) is 12.3. The van der Waals surface area contributed by atoms with Crippen molar-refractivity contribution in [2.45, 2.75) is 26.2 Å². The SMILES string of the molecule is CC(C)(C)c1ccc(C(=O)Nc2onc(-c3ccsc3)c2C(=O)O)cc1. The smallest absolute Gasteiger partial charge is 0.343 e. The zero-order valence-electron chi connectivity index (χ0n) is 14.6. The fourth-order valence-corrected chi connectivity index (χ4v) is 3.11. The first-order valence-electron chi connectivity index (χ1n) is 7.95. The summed E-state index contributed by atoms with van der Waals surface area (Å²) in [5.74, 6) is -1.85. The quantitative estimate of drug-likeness (QED) is 0.697. The Balaban J connectivity index is 1.87. The molecule has 2 N–H and O–H groups in total. The number of hydrogen-bond acceptors (Lipinski definition) is 5. The Morgan fingerprint density at radius 2 is 1.85 bits per heavy atom. The molecule has 0 aliphatic rings. The molecule has 0 saturated carbocycles. The van der Waals surface area contributed by atoms with Gasteiger partial charge < -0.3 is 9.63 Å². The average molecular weight is 370 g/mol. The lowest BCUT2D eigenvalue weighted by Crippen LogP contribution is -2.15. The number of carboxylic acids is 1. The van der Waals surface area contributed by atoms with Gasteiger partial charge in [0, 0.05) is 16.5 Å². The molecule has 0 spiro atoms. The molecule has 0 aliphatic heterocycles. The third-order valence-electron chi connectivity index (χ3n) is 3.94. The van der Waals surface area contributed by atoms with E-state index >= 15 is 0 Å². The van der Waals surface area contributed by atoms with Gasteiger partial charge in [0.25, 0.3) is 5.91 Å². The van der Waals surface area contributed by atoms with Crippen molar-refractivity contribution in [2.24, 2.45) is 0 Å². The van der Waals surface area contributed by atoms with Crippen molar-refractivity contribution in [3.05, 3.63) is 57.8 Å². The minimum Gasteiger partial charge on any atom is -0.477 e. The van der Waals surface area contributed by atoms with Crippen LogP contribution in [0.15, 0.2) is 45.6 Å². The lowest BCUT2D eigenvalue weighted by molar-refractivity contribution is 0.0698. The topological polar surface area (TPSA) is 92.4 Å². The monoisotopic (exact) mass is 370 g/mol. The predicted octanol–water partition coefficient (Wildman–Crippen LogP) is 4.65. The molecule has 0 atom stereocenters. The first-order valence-corrected chi connectivity index (χ1v) is 8.89. The highest BCUT2D eigenvalue weighted by atomic mass is 32.1. The lowest BCUT2D eigenvalue weighted by Gasteiger charge is -2.18. The average Bonchev–Trinajstić information content (AvgIpc) is 3.23. The fraction of sp³-hybridized carbons (Fsp3) is 0.211. The number of anilines is 1. The standard InChI is InChI=1S/C19H18N2O4S/c1-19(2,3)13-6-4-11(5-7-13)16(22)20-17-14(18(23)24)15(21-25-17)12-8-9-26-10-12/h4-10H,1-3H3,(H,20,22)(H,23,24). The number of amides is 1. The van der Waals surface area contributed by atoms with E-state index in [-0.39, 0.29) is 22.6 Å². The number of hydrogen-bond donors (Lipinski definition) is 2. The van der Waals surface area contributed by atoms with Crippen LogP contribution in [-0.2, 0) is 5.41 Å². The van der Waals surface area contributed by atoms with Crippen LogP contribution in [-0.4, -0.2) is 22.1 Å². The summed E-state index contributed by atoms with van der Waals surface area (Å²) in [6.45, 7) is 6.26. The molecular weight excluding hydrogens is 352 g/mol. The number of carbonyl (C=O) groups is 2. The second-order valence-electron chi connectivity index (χ2n) is 6.83. The van der Waals surface area contributed by atoms with Crippen LogP contribution in [0.2, 0.25) is 0 Å². The molecule has 7 heteroatoms. The molecule has 2 aromatic heterocycles. The summed E-state index contributed by atoms with van der Waals surface area (Å²) in [5, 5.41) is 19.4. The van der Waals surface area contributed by atoms with Gasteiger partial charge in [-0.15, -0.1) is 0 Å². The molecule has 1 aromatic carbocycles. The van der Waals surface area contributed by atoms with Gasteiger partial charge in [-0.25, -0.2) is 4.79 Å². The Morgan fingerprint density at radius 3 is 2.38 bits per heavy atom. The zero-order chi connectivity index (χ0) is 18.9. The van der Waals surface area contributed by atoms with E-state index in [1.807, 2.05) is 17.5 Å². The number of rotatable bonds is 4. The number of thiophene rings is 1. The number of aromatic carboxylic acids is 1. The van der Waals surface area contributed by atoms with Crippen LogP contribution in [0.3, 0.4) is 0 Å². The van der Waals surface area contributed by atoms with E-state index in [1.165, 1.54) is 11.3 Å². The number of aromatic nitrogens is 1. The highest BCUT2D eigenvalue weighted by Gasteiger charge is 2.25. The Labute approximate surface area is 154 Å². The van der Waals surface area contributed by atoms with Crippen LogP contribution < -0.4 is 5.32 Å². The summed E-state index contributed by atoms with van der Waals surface area (Å²) in [6.07, 6.45) is 0. The van der Waals surface area contributed by atoms with Crippen molar-refractivity contribution in [3.8, 4) is 11.3 Å². The third kappa shape index (κ3) is 3.52. The second kappa shape index (κ2) is 6.76. The number of carboxylic acid groups (broad SMARTS) is 1. The minimum absolute atomic E-state index is 0.0220. The molecule has 26 heavy (non-hydrogen) atoms. The van der Waals surface area contributed by atoms with Gasteiger partial charge in [0.15, 0.2) is 5.56 Å². The highest BCUT2D eigenvalue weighted by Crippen LogP contribution is 2.30. The minimum atomic E-state index is -1.22. The molecule has 0 fully saturated rings. The molecule has 6 nitrogen and oxygen atoms in total. The largest absolute Gasteiger partial charge is 0.477 e. The Bertz CT molecular complexity index is 935. The summed E-state index contributed by atoms with van der Waals surface area (Å²) in [4.78, 5) is 24.1. The number of carbonyl (C=O) groups excluding carboxylic acids is 1. The summed E-state index contributed by atoms with van der Waals surface area (Å²) >= 11 is 1.42. The van der Waals surface area contributed by atoms with Gasteiger partial charge in [0.2, 0.25) is 5.88 Å². The Kier molecular flexibility index (Phi) is 4.65. The molecule has 3 rings (SSSR count). The van der Waals surface area contributed by atoms with E-state index < -0.39 is 11.9 Å². The summed E-state index contributed by atoms with van der Waals surface area (Å²) in [5.41, 5.74) is 2.14. The maximum atomic E-state index is 12.5. The van der Waals surface area contributed by atoms with Crippen LogP contribution in [0.25, 0.3) is 11.3 Å². The molecule has 0 saturated heterocycles. The normalized spacial score (nSPS) is 11.3. The molecule has 134 valence electrons. The van der Waals surface area contributed by atoms with Crippen molar-refractivity contribution in [1.82, 2.24) is 5.16 Å². The highest BCUT2D eigenvalue weighted by molar-refractivity contribution is 7.08. The van der Waals surface area contributed by atoms with E-state index in [0.717, 1.165) is 5.56 Å². The van der Waals surface area contributed by atoms with Crippen LogP contribution in [0.1, 0.15) is 47.1 Å². The van der Waals surface area contributed by atoms with Crippen molar-refractivity contribution in [3.63, 3.8) is 0 Å². The molecule has 0 unspecified atom stereocenters. The summed E-state index contributed by atoms with van der Waals surface area (Å²) in [6, 6.07) is 8.90. The number of nitrogens with one attached hydrogen (secondary N) is 1. The molecule has 3 aromatic rings. The fourth-order valence-electron chi connectivity index (χ4n) is 2.47. The van der Waals surface area contributed by atoms with Crippen molar-refractivity contribution in [2.75, 3.05) is 5.32 Å². The lowest BCUT2D eigenvalue weighted by atomic mass is 9.87. The molecule has 0 aliphatic carbocycles. The Hall–Kier alpha value is -2.93. The van der Waals surface area contributed by atoms with Gasteiger partial charge in [0.1, 0.15) is 5.69 Å². The van der Waals surface area contributed by atoms with Crippen LogP contribution >= 0.6 is 11.3 Å². The Morgan fingerprint density at radius 1 is 1.15 bits per heavy atom. The van der Waals surface area contributed by atoms with Gasteiger partial charge >= 0.3 is 5.97 Å². The van der Waals surface area contributed by atoms with Gasteiger partial charge in [-0.1, -0.05) is 38.1 Å². The summed E-state index contributed by atoms with van der Waals surface area (Å²) in [7, 11) is 0. The molecular formula is C19H18N2O4S. The number of benzene rings is 1. The first kappa shape index (κ1) is 17.9. The van der Waals surface area contributed by atoms with Gasteiger partial charge in [-0.2, -0.15) is 11.3 Å². The van der Waals surface area contributed by atoms with Crippen molar-refractivity contribution in [1.29, 1.82) is 0 Å². The molecule has 2 heterocycles. The van der Waals surface area contributed by atoms with Crippen molar-refractivity contribution < 1.29 is 19.2 Å². The zero-order valence-corrected chi connectivity index (χ0v) is 15.4. The van der Waals surface area contributed by atoms with Crippen LogP contribution in [0, 0.1) is 0 Å².